The van der Waals surface area contributed by atoms with Crippen molar-refractivity contribution in [3.05, 3.63) is 71.8 Å². The summed E-state index contributed by atoms with van der Waals surface area (Å²) in [5.74, 6) is -1.18. The van der Waals surface area contributed by atoms with Crippen molar-refractivity contribution in [1.82, 2.24) is 0 Å². The number of halogens is 1. The normalized spacial score (nSPS) is 25.3. The molecule has 0 N–H and O–H groups in total. The Morgan fingerprint density at radius 3 is 1.96 bits per heavy atom. The van der Waals surface area contributed by atoms with E-state index in [1.165, 1.54) is 0 Å². The number of esters is 2. The van der Waals surface area contributed by atoms with Gasteiger partial charge in [0.25, 0.3) is 0 Å². The molecule has 0 bridgehead atoms. The first-order valence-electron chi connectivity index (χ1n) is 8.36. The fourth-order valence-electron chi connectivity index (χ4n) is 2.82. The summed E-state index contributed by atoms with van der Waals surface area (Å²) in [4.78, 5) is 24.6. The second-order valence-electron chi connectivity index (χ2n) is 6.03. The molecule has 4 atom stereocenters. The van der Waals surface area contributed by atoms with Gasteiger partial charge >= 0.3 is 11.9 Å². The van der Waals surface area contributed by atoms with Gasteiger partial charge in [-0.1, -0.05) is 36.4 Å². The van der Waals surface area contributed by atoms with Crippen LogP contribution in [0, 0.1) is 0 Å². The second-order valence-corrected chi connectivity index (χ2v) is 6.03. The second kappa shape index (κ2) is 8.10. The molecule has 1 heterocycles. The van der Waals surface area contributed by atoms with Crippen LogP contribution in [-0.2, 0) is 14.2 Å². The zero-order valence-electron chi connectivity index (χ0n) is 14.2. The van der Waals surface area contributed by atoms with Crippen LogP contribution in [0.1, 0.15) is 34.1 Å². The Kier molecular flexibility index (Phi) is 5.63. The third kappa shape index (κ3) is 4.26. The summed E-state index contributed by atoms with van der Waals surface area (Å²) in [5.41, 5.74) is 0.699. The molecular formula is C20H19FO5. The van der Waals surface area contributed by atoms with Crippen LogP contribution in [0.25, 0.3) is 0 Å². The molecule has 0 spiro atoms. The molecule has 1 unspecified atom stereocenters. The predicted molar refractivity (Wildman–Crippen MR) is 91.4 cm³/mol. The Bertz CT molecular complexity index is 749. The minimum Gasteiger partial charge on any atom is -0.454 e. The highest BCUT2D eigenvalue weighted by Gasteiger charge is 2.42. The molecule has 136 valence electrons. The van der Waals surface area contributed by atoms with E-state index in [9.17, 15) is 14.0 Å². The number of alkyl halides is 1. The van der Waals surface area contributed by atoms with E-state index in [-0.39, 0.29) is 6.42 Å². The lowest BCUT2D eigenvalue weighted by atomic mass is 10.0. The number of hydrogen-bond donors (Lipinski definition) is 0. The van der Waals surface area contributed by atoms with Gasteiger partial charge in [0.2, 0.25) is 6.36 Å². The third-order valence-corrected chi connectivity index (χ3v) is 4.13. The van der Waals surface area contributed by atoms with Crippen LogP contribution in [0.2, 0.25) is 0 Å². The quantitative estimate of drug-likeness (QED) is 0.783. The summed E-state index contributed by atoms with van der Waals surface area (Å²) in [5, 5.41) is 0. The number of rotatable bonds is 4. The molecule has 2 aromatic carbocycles. The largest absolute Gasteiger partial charge is 0.454 e. The zero-order valence-corrected chi connectivity index (χ0v) is 14.2. The van der Waals surface area contributed by atoms with Gasteiger partial charge in [0.1, 0.15) is 6.10 Å². The first kappa shape index (κ1) is 18.1. The standard InChI is InChI=1S/C20H19FO5/c1-13-18(26-20(23)15-10-6-3-7-11-15)16(12-17(21)24-13)25-19(22)14-8-4-2-5-9-14/h2-11,13,16-18H,12H2,1H3/t13-,16-,17?,18+/m0/s1. The molecular weight excluding hydrogens is 339 g/mol. The van der Waals surface area contributed by atoms with Crippen LogP contribution >= 0.6 is 0 Å². The van der Waals surface area contributed by atoms with Crippen molar-refractivity contribution in [3.8, 4) is 0 Å². The van der Waals surface area contributed by atoms with Gasteiger partial charge in [0.15, 0.2) is 6.10 Å². The molecule has 0 aliphatic carbocycles. The highest BCUT2D eigenvalue weighted by Crippen LogP contribution is 2.27. The van der Waals surface area contributed by atoms with Gasteiger partial charge in [-0.2, -0.15) is 0 Å². The monoisotopic (exact) mass is 358 g/mol. The highest BCUT2D eigenvalue weighted by molar-refractivity contribution is 5.90. The van der Waals surface area contributed by atoms with Gasteiger partial charge in [-0.3, -0.25) is 0 Å². The Balaban J connectivity index is 1.74. The summed E-state index contributed by atoms with van der Waals surface area (Å²) in [6, 6.07) is 16.8. The van der Waals surface area contributed by atoms with Crippen molar-refractivity contribution >= 4 is 11.9 Å². The summed E-state index contributed by atoms with van der Waals surface area (Å²) in [6.07, 6.45) is -4.38. The van der Waals surface area contributed by atoms with Crippen LogP contribution in [-0.4, -0.2) is 36.6 Å². The lowest BCUT2D eigenvalue weighted by Crippen LogP contribution is -2.50. The summed E-state index contributed by atoms with van der Waals surface area (Å²) < 4.78 is 29.8. The van der Waals surface area contributed by atoms with Gasteiger partial charge in [-0.25, -0.2) is 14.0 Å². The minimum absolute atomic E-state index is 0.199. The number of carbonyl (C=O) groups is 2. The molecule has 1 saturated heterocycles. The van der Waals surface area contributed by atoms with E-state index in [1.807, 2.05) is 0 Å². The van der Waals surface area contributed by atoms with Gasteiger partial charge in [-0.05, 0) is 31.2 Å². The van der Waals surface area contributed by atoms with Crippen molar-refractivity contribution in [3.63, 3.8) is 0 Å². The number of benzene rings is 2. The first-order chi connectivity index (χ1) is 12.5. The van der Waals surface area contributed by atoms with E-state index in [4.69, 9.17) is 14.2 Å². The van der Waals surface area contributed by atoms with E-state index in [2.05, 4.69) is 0 Å². The molecule has 2 aromatic rings. The van der Waals surface area contributed by atoms with Gasteiger partial charge in [-0.15, -0.1) is 0 Å². The van der Waals surface area contributed by atoms with Gasteiger partial charge in [0, 0.05) is 6.42 Å². The van der Waals surface area contributed by atoms with E-state index >= 15 is 0 Å². The van der Waals surface area contributed by atoms with E-state index in [0.717, 1.165) is 0 Å². The number of ether oxygens (including phenoxy) is 3. The fraction of sp³-hybridized carbons (Fsp3) is 0.300. The molecule has 26 heavy (non-hydrogen) atoms. The van der Waals surface area contributed by atoms with E-state index in [1.54, 1.807) is 67.6 Å². The Hall–Kier alpha value is -2.73. The molecule has 0 saturated carbocycles. The van der Waals surface area contributed by atoms with Crippen LogP contribution in [0.3, 0.4) is 0 Å². The molecule has 0 radical (unpaired) electrons. The van der Waals surface area contributed by atoms with Crippen LogP contribution < -0.4 is 0 Å². The molecule has 1 fully saturated rings. The van der Waals surface area contributed by atoms with Crippen LogP contribution in [0.4, 0.5) is 4.39 Å². The number of hydrogen-bond acceptors (Lipinski definition) is 5. The van der Waals surface area contributed by atoms with Crippen molar-refractivity contribution in [1.29, 1.82) is 0 Å². The lowest BCUT2D eigenvalue weighted by molar-refractivity contribution is -0.200. The summed E-state index contributed by atoms with van der Waals surface area (Å²) in [6.45, 7) is 1.58. The van der Waals surface area contributed by atoms with Crippen LogP contribution in [0.5, 0.6) is 0 Å². The zero-order chi connectivity index (χ0) is 18.5. The highest BCUT2D eigenvalue weighted by atomic mass is 19.1. The molecule has 0 amide bonds. The SMILES string of the molecule is C[C@@H]1OC(F)C[C@H](OC(=O)c2ccccc2)[C@@H]1OC(=O)c1ccccc1. The van der Waals surface area contributed by atoms with Crippen molar-refractivity contribution in [2.45, 2.75) is 38.0 Å². The Morgan fingerprint density at radius 1 is 0.923 bits per heavy atom. The maximum Gasteiger partial charge on any atom is 0.338 e. The number of carbonyl (C=O) groups excluding carboxylic acids is 2. The maximum absolute atomic E-state index is 13.8. The molecule has 0 aromatic heterocycles. The summed E-state index contributed by atoms with van der Waals surface area (Å²) >= 11 is 0. The molecule has 3 rings (SSSR count). The molecule has 1 aliphatic heterocycles. The molecule has 5 nitrogen and oxygen atoms in total. The summed E-state index contributed by atoms with van der Waals surface area (Å²) in [7, 11) is 0. The Labute approximate surface area is 150 Å². The first-order valence-corrected chi connectivity index (χ1v) is 8.36. The van der Waals surface area contributed by atoms with E-state index in [0.29, 0.717) is 11.1 Å². The Morgan fingerprint density at radius 2 is 1.42 bits per heavy atom. The third-order valence-electron chi connectivity index (χ3n) is 4.13. The van der Waals surface area contributed by atoms with Gasteiger partial charge < -0.3 is 14.2 Å². The maximum atomic E-state index is 13.8. The van der Waals surface area contributed by atoms with Crippen LogP contribution in [0.15, 0.2) is 60.7 Å². The fourth-order valence-corrected chi connectivity index (χ4v) is 2.82. The average molecular weight is 358 g/mol. The lowest BCUT2D eigenvalue weighted by Gasteiger charge is -2.36. The molecule has 6 heteroatoms. The van der Waals surface area contributed by atoms with Crippen molar-refractivity contribution < 1.29 is 28.2 Å². The van der Waals surface area contributed by atoms with E-state index < -0.39 is 36.6 Å². The predicted octanol–water partition coefficient (Wildman–Crippen LogP) is 3.54. The minimum atomic E-state index is -1.59. The van der Waals surface area contributed by atoms with Crippen molar-refractivity contribution in [2.24, 2.45) is 0 Å². The van der Waals surface area contributed by atoms with Gasteiger partial charge in [0.05, 0.1) is 17.2 Å². The molecule has 1 aliphatic rings. The smallest absolute Gasteiger partial charge is 0.338 e. The average Bonchev–Trinajstić information content (AvgIpc) is 2.65. The van der Waals surface area contributed by atoms with Crippen molar-refractivity contribution in [2.75, 3.05) is 0 Å². The topological polar surface area (TPSA) is 61.8 Å².